The van der Waals surface area contributed by atoms with Gasteiger partial charge in [-0.25, -0.2) is 4.98 Å². The Hall–Kier alpha value is -2.21. The van der Waals surface area contributed by atoms with Crippen LogP contribution in [0.2, 0.25) is 0 Å². The van der Waals surface area contributed by atoms with Crippen molar-refractivity contribution in [3.05, 3.63) is 42.4 Å². The van der Waals surface area contributed by atoms with E-state index in [4.69, 9.17) is 0 Å². The van der Waals surface area contributed by atoms with Gasteiger partial charge in [0, 0.05) is 32.0 Å². The summed E-state index contributed by atoms with van der Waals surface area (Å²) in [5, 5.41) is 13.7. The van der Waals surface area contributed by atoms with E-state index < -0.39 is 6.10 Å². The number of aromatic nitrogens is 3. The third-order valence-electron chi connectivity index (χ3n) is 4.26. The molecule has 2 N–H and O–H groups in total. The first kappa shape index (κ1) is 15.7. The van der Waals surface area contributed by atoms with Crippen LogP contribution in [-0.4, -0.2) is 39.7 Å². The van der Waals surface area contributed by atoms with Gasteiger partial charge in [-0.2, -0.15) is 4.98 Å². The molecule has 3 heterocycles. The zero-order chi connectivity index (χ0) is 16.1. The molecule has 0 bridgehead atoms. The minimum absolute atomic E-state index is 0.234. The van der Waals surface area contributed by atoms with Gasteiger partial charge in [-0.3, -0.25) is 4.98 Å². The normalized spacial score (nSPS) is 17.0. The lowest BCUT2D eigenvalue weighted by molar-refractivity contribution is 0.0889. The summed E-state index contributed by atoms with van der Waals surface area (Å²) in [5.74, 6) is 1.85. The van der Waals surface area contributed by atoms with Gasteiger partial charge in [0.2, 0.25) is 5.95 Å². The van der Waals surface area contributed by atoms with Crippen molar-refractivity contribution in [3.8, 4) is 0 Å². The second kappa shape index (κ2) is 7.37. The number of rotatable bonds is 5. The molecule has 0 aliphatic carbocycles. The molecule has 1 aliphatic rings. The van der Waals surface area contributed by atoms with Crippen LogP contribution < -0.4 is 10.2 Å². The van der Waals surface area contributed by atoms with Crippen LogP contribution in [0.4, 0.5) is 11.8 Å². The largest absolute Gasteiger partial charge is 0.387 e. The number of hydrogen-bond donors (Lipinski definition) is 2. The monoisotopic (exact) mass is 313 g/mol. The molecule has 3 rings (SSSR count). The van der Waals surface area contributed by atoms with Crippen LogP contribution in [-0.2, 0) is 0 Å². The summed E-state index contributed by atoms with van der Waals surface area (Å²) in [5.41, 5.74) is 0.761. The zero-order valence-electron chi connectivity index (χ0n) is 13.4. The van der Waals surface area contributed by atoms with Gasteiger partial charge in [0.1, 0.15) is 5.82 Å². The SMILES string of the molecule is CCNc1ccnc(N2CCC([C@H](O)c3ccccn3)CC2)n1. The first-order valence-electron chi connectivity index (χ1n) is 8.18. The van der Waals surface area contributed by atoms with Gasteiger partial charge < -0.3 is 15.3 Å². The zero-order valence-corrected chi connectivity index (χ0v) is 13.4. The second-order valence-electron chi connectivity index (χ2n) is 5.80. The second-order valence-corrected chi connectivity index (χ2v) is 5.80. The number of pyridine rings is 1. The summed E-state index contributed by atoms with van der Waals surface area (Å²) in [6.45, 7) is 4.59. The Morgan fingerprint density at radius 2 is 2.04 bits per heavy atom. The molecule has 2 aromatic heterocycles. The topological polar surface area (TPSA) is 74.2 Å². The molecule has 0 saturated carbocycles. The standard InChI is InChI=1S/C17H23N5O/c1-2-18-15-6-10-20-17(21-15)22-11-7-13(8-12-22)16(23)14-5-3-4-9-19-14/h3-6,9-10,13,16,23H,2,7-8,11-12H2,1H3,(H,18,20,21)/t16-/m0/s1. The van der Waals surface area contributed by atoms with Crippen LogP contribution >= 0.6 is 0 Å². The van der Waals surface area contributed by atoms with E-state index in [0.717, 1.165) is 49.9 Å². The quantitative estimate of drug-likeness (QED) is 0.882. The Morgan fingerprint density at radius 1 is 1.22 bits per heavy atom. The molecular formula is C17H23N5O. The van der Waals surface area contributed by atoms with Gasteiger partial charge in [0.15, 0.2) is 0 Å². The summed E-state index contributed by atoms with van der Waals surface area (Å²) in [4.78, 5) is 15.4. The van der Waals surface area contributed by atoms with E-state index in [0.29, 0.717) is 0 Å². The highest BCUT2D eigenvalue weighted by molar-refractivity contribution is 5.41. The van der Waals surface area contributed by atoms with Crippen LogP contribution in [0.5, 0.6) is 0 Å². The van der Waals surface area contributed by atoms with Crippen LogP contribution in [0.15, 0.2) is 36.7 Å². The highest BCUT2D eigenvalue weighted by atomic mass is 16.3. The molecule has 0 spiro atoms. The van der Waals surface area contributed by atoms with Gasteiger partial charge in [-0.05, 0) is 43.9 Å². The Kier molecular flexibility index (Phi) is 5.02. The summed E-state index contributed by atoms with van der Waals surface area (Å²) in [7, 11) is 0. The van der Waals surface area contributed by atoms with E-state index >= 15 is 0 Å². The van der Waals surface area contributed by atoms with E-state index in [1.807, 2.05) is 31.2 Å². The predicted molar refractivity (Wildman–Crippen MR) is 90.3 cm³/mol. The van der Waals surface area contributed by atoms with Crippen molar-refractivity contribution in [3.63, 3.8) is 0 Å². The van der Waals surface area contributed by atoms with Crippen molar-refractivity contribution >= 4 is 11.8 Å². The molecule has 0 unspecified atom stereocenters. The third kappa shape index (κ3) is 3.76. The predicted octanol–water partition coefficient (Wildman–Crippen LogP) is 2.25. The van der Waals surface area contributed by atoms with Crippen molar-refractivity contribution in [2.24, 2.45) is 5.92 Å². The highest BCUT2D eigenvalue weighted by Crippen LogP contribution is 2.30. The lowest BCUT2D eigenvalue weighted by Gasteiger charge is -2.34. The number of nitrogens with zero attached hydrogens (tertiary/aromatic N) is 4. The molecule has 6 nitrogen and oxygen atoms in total. The Labute approximate surface area is 136 Å². The first-order valence-corrected chi connectivity index (χ1v) is 8.18. The molecule has 0 radical (unpaired) electrons. The van der Waals surface area contributed by atoms with Crippen molar-refractivity contribution < 1.29 is 5.11 Å². The lowest BCUT2D eigenvalue weighted by atomic mass is 9.89. The van der Waals surface area contributed by atoms with E-state index in [9.17, 15) is 5.11 Å². The molecule has 1 atom stereocenters. The van der Waals surface area contributed by atoms with Crippen LogP contribution in [0, 0.1) is 5.92 Å². The first-order chi connectivity index (χ1) is 11.3. The minimum atomic E-state index is -0.493. The van der Waals surface area contributed by atoms with E-state index in [2.05, 4.69) is 25.2 Å². The number of aliphatic hydroxyl groups excluding tert-OH is 1. The van der Waals surface area contributed by atoms with E-state index in [1.54, 1.807) is 12.4 Å². The average Bonchev–Trinajstić information content (AvgIpc) is 2.62. The Bertz CT molecular complexity index is 613. The molecule has 1 aliphatic heterocycles. The maximum absolute atomic E-state index is 10.5. The molecule has 6 heteroatoms. The maximum atomic E-state index is 10.5. The Balaban J connectivity index is 1.61. The molecule has 23 heavy (non-hydrogen) atoms. The maximum Gasteiger partial charge on any atom is 0.227 e. The van der Waals surface area contributed by atoms with Crippen molar-refractivity contribution in [1.82, 2.24) is 15.0 Å². The van der Waals surface area contributed by atoms with Crippen molar-refractivity contribution in [2.75, 3.05) is 29.9 Å². The van der Waals surface area contributed by atoms with Crippen LogP contribution in [0.25, 0.3) is 0 Å². The average molecular weight is 313 g/mol. The van der Waals surface area contributed by atoms with Gasteiger partial charge in [0.25, 0.3) is 0 Å². The Morgan fingerprint density at radius 3 is 2.74 bits per heavy atom. The number of hydrogen-bond acceptors (Lipinski definition) is 6. The fourth-order valence-corrected chi connectivity index (χ4v) is 2.99. The molecule has 0 aromatic carbocycles. The third-order valence-corrected chi connectivity index (χ3v) is 4.26. The number of piperidine rings is 1. The summed E-state index contributed by atoms with van der Waals surface area (Å²) in [6, 6.07) is 7.55. The van der Waals surface area contributed by atoms with E-state index in [-0.39, 0.29) is 5.92 Å². The van der Waals surface area contributed by atoms with Crippen molar-refractivity contribution in [1.29, 1.82) is 0 Å². The fraction of sp³-hybridized carbons (Fsp3) is 0.471. The highest BCUT2D eigenvalue weighted by Gasteiger charge is 2.27. The smallest absolute Gasteiger partial charge is 0.227 e. The number of anilines is 2. The van der Waals surface area contributed by atoms with Crippen LogP contribution in [0.3, 0.4) is 0 Å². The van der Waals surface area contributed by atoms with Gasteiger partial charge in [-0.1, -0.05) is 6.07 Å². The summed E-state index contributed by atoms with van der Waals surface area (Å²) < 4.78 is 0. The summed E-state index contributed by atoms with van der Waals surface area (Å²) in [6.07, 6.45) is 4.84. The van der Waals surface area contributed by atoms with Crippen LogP contribution in [0.1, 0.15) is 31.6 Å². The molecule has 1 saturated heterocycles. The van der Waals surface area contributed by atoms with E-state index in [1.165, 1.54) is 0 Å². The molecule has 2 aromatic rings. The van der Waals surface area contributed by atoms with Gasteiger partial charge in [-0.15, -0.1) is 0 Å². The van der Waals surface area contributed by atoms with Gasteiger partial charge >= 0.3 is 0 Å². The summed E-state index contributed by atoms with van der Waals surface area (Å²) >= 11 is 0. The fourth-order valence-electron chi connectivity index (χ4n) is 2.99. The number of nitrogens with one attached hydrogen (secondary N) is 1. The molecule has 0 amide bonds. The minimum Gasteiger partial charge on any atom is -0.387 e. The molecule has 1 fully saturated rings. The molecular weight excluding hydrogens is 290 g/mol. The lowest BCUT2D eigenvalue weighted by Crippen LogP contribution is -2.36. The molecule has 122 valence electrons. The number of aliphatic hydroxyl groups is 1. The van der Waals surface area contributed by atoms with Gasteiger partial charge in [0.05, 0.1) is 11.8 Å². The van der Waals surface area contributed by atoms with Crippen molar-refractivity contribution in [2.45, 2.75) is 25.9 Å².